The number of hydrogen-bond donors (Lipinski definition) is 1. The summed E-state index contributed by atoms with van der Waals surface area (Å²) in [4.78, 5) is 23.7. The van der Waals surface area contributed by atoms with Gasteiger partial charge in [0.05, 0.1) is 12.2 Å². The Hall–Kier alpha value is -2.04. The summed E-state index contributed by atoms with van der Waals surface area (Å²) >= 11 is 0. The summed E-state index contributed by atoms with van der Waals surface area (Å²) < 4.78 is 10.3. The van der Waals surface area contributed by atoms with Gasteiger partial charge in [0.2, 0.25) is 0 Å². The van der Waals surface area contributed by atoms with Gasteiger partial charge in [-0.1, -0.05) is 6.07 Å². The molecule has 1 atom stereocenters. The van der Waals surface area contributed by atoms with Gasteiger partial charge in [0.1, 0.15) is 5.60 Å². The van der Waals surface area contributed by atoms with E-state index in [1.165, 1.54) is 5.56 Å². The topological polar surface area (TPSA) is 64.6 Å². The minimum absolute atomic E-state index is 0.0230. The van der Waals surface area contributed by atoms with Gasteiger partial charge >= 0.3 is 12.1 Å². The summed E-state index contributed by atoms with van der Waals surface area (Å²) in [5.41, 5.74) is 2.36. The summed E-state index contributed by atoms with van der Waals surface area (Å²) in [6, 6.07) is 5.68. The number of fused-ring (bicyclic) bond motifs is 1. The monoisotopic (exact) mass is 319 g/mol. The molecule has 126 valence electrons. The third-order valence-electron chi connectivity index (χ3n) is 3.67. The first-order valence-electron chi connectivity index (χ1n) is 8.07. The lowest BCUT2D eigenvalue weighted by molar-refractivity contribution is 0.0494. The number of rotatable bonds is 3. The Morgan fingerprint density at radius 2 is 2.00 bits per heavy atom. The zero-order valence-electron chi connectivity index (χ0n) is 14.3. The van der Waals surface area contributed by atoms with Crippen LogP contribution in [0, 0.1) is 0 Å². The highest BCUT2D eigenvalue weighted by Gasteiger charge is 2.24. The van der Waals surface area contributed by atoms with Gasteiger partial charge in [-0.2, -0.15) is 0 Å². The van der Waals surface area contributed by atoms with Crippen LogP contribution < -0.4 is 5.32 Å². The molecule has 23 heavy (non-hydrogen) atoms. The van der Waals surface area contributed by atoms with Crippen LogP contribution >= 0.6 is 0 Å². The van der Waals surface area contributed by atoms with Crippen LogP contribution in [-0.2, 0) is 22.3 Å². The van der Waals surface area contributed by atoms with E-state index in [-0.39, 0.29) is 12.0 Å². The Morgan fingerprint density at radius 1 is 1.26 bits per heavy atom. The molecule has 1 aliphatic carbocycles. The molecule has 1 aromatic rings. The van der Waals surface area contributed by atoms with E-state index in [9.17, 15) is 9.59 Å². The predicted octanol–water partition coefficient (Wildman–Crippen LogP) is 3.25. The first-order chi connectivity index (χ1) is 10.8. The number of carbonyl (C=O) groups is 2. The van der Waals surface area contributed by atoms with E-state index in [0.717, 1.165) is 18.4 Å². The highest BCUT2D eigenvalue weighted by molar-refractivity contribution is 5.89. The van der Waals surface area contributed by atoms with Crippen molar-refractivity contribution in [2.45, 2.75) is 58.6 Å². The molecule has 0 saturated carbocycles. The van der Waals surface area contributed by atoms with Gasteiger partial charge in [0.15, 0.2) is 0 Å². The van der Waals surface area contributed by atoms with Crippen molar-refractivity contribution in [2.24, 2.45) is 0 Å². The average Bonchev–Trinajstić information content (AvgIpc) is 2.44. The number of aryl methyl sites for hydroxylation is 1. The summed E-state index contributed by atoms with van der Waals surface area (Å²) in [7, 11) is 0. The third kappa shape index (κ3) is 4.98. The predicted molar refractivity (Wildman–Crippen MR) is 87.6 cm³/mol. The maximum Gasteiger partial charge on any atom is 0.407 e. The van der Waals surface area contributed by atoms with Crippen molar-refractivity contribution in [3.05, 3.63) is 34.9 Å². The fourth-order valence-electron chi connectivity index (χ4n) is 2.70. The van der Waals surface area contributed by atoms with Crippen LogP contribution in [0.2, 0.25) is 0 Å². The van der Waals surface area contributed by atoms with Crippen molar-refractivity contribution in [2.75, 3.05) is 6.61 Å². The second-order valence-electron chi connectivity index (χ2n) is 6.79. The summed E-state index contributed by atoms with van der Waals surface area (Å²) in [5, 5.41) is 2.91. The molecule has 0 aromatic heterocycles. The van der Waals surface area contributed by atoms with Crippen molar-refractivity contribution in [1.82, 2.24) is 5.32 Å². The van der Waals surface area contributed by atoms with E-state index in [4.69, 9.17) is 9.47 Å². The molecule has 0 aliphatic heterocycles. The van der Waals surface area contributed by atoms with Crippen LogP contribution in [0.4, 0.5) is 4.79 Å². The standard InChI is InChI=1S/C18H25NO4/c1-5-22-16(20)13-7-6-12-8-9-15(11-14(12)10-13)19-17(21)23-18(2,3)4/h6-7,10,15H,5,8-9,11H2,1-4H3,(H,19,21). The zero-order chi connectivity index (χ0) is 17.0. The number of esters is 1. The SMILES string of the molecule is CCOC(=O)c1ccc2c(c1)CC(NC(=O)OC(C)(C)C)CC2. The van der Waals surface area contributed by atoms with Crippen molar-refractivity contribution >= 4 is 12.1 Å². The minimum atomic E-state index is -0.506. The molecule has 1 amide bonds. The van der Waals surface area contributed by atoms with Crippen molar-refractivity contribution in [3.63, 3.8) is 0 Å². The van der Waals surface area contributed by atoms with Crippen molar-refractivity contribution in [1.29, 1.82) is 0 Å². The fraction of sp³-hybridized carbons (Fsp3) is 0.556. The number of ether oxygens (including phenoxy) is 2. The van der Waals surface area contributed by atoms with E-state index in [1.54, 1.807) is 13.0 Å². The largest absolute Gasteiger partial charge is 0.462 e. The lowest BCUT2D eigenvalue weighted by Gasteiger charge is -2.27. The second-order valence-corrected chi connectivity index (χ2v) is 6.79. The Bertz CT molecular complexity index is 589. The number of nitrogens with one attached hydrogen (secondary N) is 1. The smallest absolute Gasteiger partial charge is 0.407 e. The molecule has 1 unspecified atom stereocenters. The molecule has 0 saturated heterocycles. The Morgan fingerprint density at radius 3 is 2.65 bits per heavy atom. The highest BCUT2D eigenvalue weighted by Crippen LogP contribution is 2.23. The van der Waals surface area contributed by atoms with Gasteiger partial charge in [-0.05, 0) is 70.2 Å². The quantitative estimate of drug-likeness (QED) is 0.869. The third-order valence-corrected chi connectivity index (χ3v) is 3.67. The first-order valence-corrected chi connectivity index (χ1v) is 8.07. The number of alkyl carbamates (subject to hydrolysis) is 1. The average molecular weight is 319 g/mol. The van der Waals surface area contributed by atoms with Gasteiger partial charge in [0, 0.05) is 6.04 Å². The van der Waals surface area contributed by atoms with Gasteiger partial charge in [-0.25, -0.2) is 9.59 Å². The molecule has 0 fully saturated rings. The second kappa shape index (κ2) is 7.02. The van der Waals surface area contributed by atoms with Crippen LogP contribution in [0.25, 0.3) is 0 Å². The van der Waals surface area contributed by atoms with Crippen LogP contribution in [0.5, 0.6) is 0 Å². The lowest BCUT2D eigenvalue weighted by atomic mass is 9.87. The Labute approximate surface area is 137 Å². The number of amides is 1. The summed E-state index contributed by atoms with van der Waals surface area (Å²) in [6.07, 6.45) is 2.04. The van der Waals surface area contributed by atoms with Gasteiger partial charge < -0.3 is 14.8 Å². The fourth-order valence-corrected chi connectivity index (χ4v) is 2.70. The van der Waals surface area contributed by atoms with Gasteiger partial charge in [0.25, 0.3) is 0 Å². The van der Waals surface area contributed by atoms with Gasteiger partial charge in [-0.15, -0.1) is 0 Å². The maximum atomic E-state index is 11.9. The number of hydrogen-bond acceptors (Lipinski definition) is 4. The molecule has 1 aromatic carbocycles. The molecular formula is C18H25NO4. The molecule has 5 heteroatoms. The normalized spacial score (nSPS) is 17.1. The van der Waals surface area contributed by atoms with E-state index in [0.29, 0.717) is 18.6 Å². The van der Waals surface area contributed by atoms with E-state index in [1.807, 2.05) is 32.9 Å². The number of benzene rings is 1. The van der Waals surface area contributed by atoms with Crippen LogP contribution in [0.3, 0.4) is 0 Å². The van der Waals surface area contributed by atoms with E-state index in [2.05, 4.69) is 5.32 Å². The van der Waals surface area contributed by atoms with Crippen molar-refractivity contribution < 1.29 is 19.1 Å². The van der Waals surface area contributed by atoms with Crippen LogP contribution in [0.1, 0.15) is 55.6 Å². The Kier molecular flexibility index (Phi) is 5.29. The molecule has 5 nitrogen and oxygen atoms in total. The molecule has 0 bridgehead atoms. The molecule has 2 rings (SSSR count). The molecular weight excluding hydrogens is 294 g/mol. The van der Waals surface area contributed by atoms with Crippen molar-refractivity contribution in [3.8, 4) is 0 Å². The van der Waals surface area contributed by atoms with E-state index >= 15 is 0 Å². The first kappa shape index (κ1) is 17.3. The maximum absolute atomic E-state index is 11.9. The Balaban J connectivity index is 2.03. The van der Waals surface area contributed by atoms with E-state index < -0.39 is 11.7 Å². The number of carbonyl (C=O) groups excluding carboxylic acids is 2. The van der Waals surface area contributed by atoms with Gasteiger partial charge in [-0.3, -0.25) is 0 Å². The summed E-state index contributed by atoms with van der Waals surface area (Å²) in [6.45, 7) is 7.67. The molecule has 0 radical (unpaired) electrons. The highest BCUT2D eigenvalue weighted by atomic mass is 16.6. The molecule has 0 heterocycles. The molecule has 0 spiro atoms. The van der Waals surface area contributed by atoms with Crippen LogP contribution in [-0.4, -0.2) is 30.3 Å². The zero-order valence-corrected chi connectivity index (χ0v) is 14.3. The summed E-state index contributed by atoms with van der Waals surface area (Å²) in [5.74, 6) is -0.308. The minimum Gasteiger partial charge on any atom is -0.462 e. The lowest BCUT2D eigenvalue weighted by Crippen LogP contribution is -2.41. The molecule has 1 aliphatic rings. The molecule has 1 N–H and O–H groups in total. The van der Waals surface area contributed by atoms with Crippen LogP contribution in [0.15, 0.2) is 18.2 Å².